The lowest BCUT2D eigenvalue weighted by Crippen LogP contribution is -2.28. The summed E-state index contributed by atoms with van der Waals surface area (Å²) >= 11 is 0. The van der Waals surface area contributed by atoms with Crippen LogP contribution in [0.25, 0.3) is 0 Å². The zero-order valence-corrected chi connectivity index (χ0v) is 23.9. The van der Waals surface area contributed by atoms with Crippen molar-refractivity contribution in [3.63, 3.8) is 0 Å². The molecule has 1 aromatic carbocycles. The molecule has 0 spiro atoms. The maximum Gasteiger partial charge on any atom is 0.227 e. The van der Waals surface area contributed by atoms with E-state index in [0.29, 0.717) is 25.8 Å². The predicted octanol–water partition coefficient (Wildman–Crippen LogP) is 5.29. The fourth-order valence-electron chi connectivity index (χ4n) is 4.92. The van der Waals surface area contributed by atoms with Crippen LogP contribution in [0.3, 0.4) is 0 Å². The molecule has 4 rings (SSSR count). The van der Waals surface area contributed by atoms with Gasteiger partial charge in [0, 0.05) is 43.0 Å². The minimum Gasteiger partial charge on any atom is -0.497 e. The molecule has 1 aliphatic carbocycles. The number of nitrogens with zero attached hydrogens (tertiary/aromatic N) is 4. The van der Waals surface area contributed by atoms with Crippen LogP contribution in [-0.4, -0.2) is 79.9 Å². The van der Waals surface area contributed by atoms with Crippen LogP contribution in [-0.2, 0) is 16.0 Å². The molecule has 0 fully saturated rings. The normalized spacial score (nSPS) is 19.6. The summed E-state index contributed by atoms with van der Waals surface area (Å²) in [6, 6.07) is 8.23. The van der Waals surface area contributed by atoms with E-state index < -0.39 is 0 Å². The van der Waals surface area contributed by atoms with E-state index in [1.165, 1.54) is 5.57 Å². The monoisotopic (exact) mass is 533 g/mol. The van der Waals surface area contributed by atoms with E-state index >= 15 is 0 Å². The van der Waals surface area contributed by atoms with Gasteiger partial charge in [-0.1, -0.05) is 32.1 Å². The van der Waals surface area contributed by atoms with E-state index in [1.54, 1.807) is 7.11 Å². The van der Waals surface area contributed by atoms with Gasteiger partial charge in [-0.25, -0.2) is 9.97 Å². The number of aromatic nitrogens is 2. The molecule has 0 radical (unpaired) electrons. The Bertz CT molecular complexity index is 1160. The van der Waals surface area contributed by atoms with Gasteiger partial charge in [-0.05, 0) is 68.9 Å². The quantitative estimate of drug-likeness (QED) is 0.481. The lowest BCUT2D eigenvalue weighted by Gasteiger charge is -2.21. The van der Waals surface area contributed by atoms with Crippen molar-refractivity contribution in [2.45, 2.75) is 39.2 Å². The van der Waals surface area contributed by atoms with E-state index in [-0.39, 0.29) is 5.92 Å². The van der Waals surface area contributed by atoms with Crippen LogP contribution in [0, 0.1) is 0 Å². The second kappa shape index (κ2) is 14.8. The summed E-state index contributed by atoms with van der Waals surface area (Å²) in [7, 11) is 3.83. The topological polar surface area (TPSA) is 72.0 Å². The molecule has 1 atom stereocenters. The number of hydrogen-bond donors (Lipinski definition) is 1. The third-order valence-electron chi connectivity index (χ3n) is 7.25. The Morgan fingerprint density at radius 1 is 1.18 bits per heavy atom. The van der Waals surface area contributed by atoms with Gasteiger partial charge in [0.25, 0.3) is 0 Å². The van der Waals surface area contributed by atoms with Gasteiger partial charge in [0.15, 0.2) is 0 Å². The minimum atomic E-state index is 0.170. The first kappa shape index (κ1) is 28.8. The van der Waals surface area contributed by atoms with Gasteiger partial charge in [-0.15, -0.1) is 0 Å². The van der Waals surface area contributed by atoms with Crippen LogP contribution in [0.1, 0.15) is 43.9 Å². The fraction of sp³-hybridized carbons (Fsp3) is 0.484. The molecule has 1 aliphatic heterocycles. The van der Waals surface area contributed by atoms with Crippen LogP contribution in [0.5, 0.6) is 5.75 Å². The third kappa shape index (κ3) is 8.39. The summed E-state index contributed by atoms with van der Waals surface area (Å²) in [5, 5.41) is 3.43. The molecule has 0 amide bonds. The highest BCUT2D eigenvalue weighted by Crippen LogP contribution is 2.31. The Hall–Kier alpha value is -3.20. The minimum absolute atomic E-state index is 0.170. The average molecular weight is 534 g/mol. The first-order valence-corrected chi connectivity index (χ1v) is 14.0. The number of nitrogens with one attached hydrogen (secondary N) is 1. The van der Waals surface area contributed by atoms with Gasteiger partial charge in [0.1, 0.15) is 18.1 Å². The molecule has 2 aliphatic rings. The molecule has 39 heavy (non-hydrogen) atoms. The number of ether oxygens (including phenoxy) is 3. The SMILES string of the molecule is CCN(CC)CCOc1ccc2cc1CN(C)C/C=C/COCC1=C(OC)C=CC(CC1)c1ccnc(n1)N2. The standard InChI is InChI=1S/C31H43N5O3/c1-5-36(6-2)18-20-39-30-14-12-27-21-26(30)22-35(3)17-7-8-19-38-23-25-10-9-24(11-13-29(25)37-4)28-15-16-32-31(33-27)34-28/h7-8,11-16,21,24H,5-6,9-10,17-20,22-23H2,1-4H3,(H,32,33,34)/b8-7+. The molecule has 2 heterocycles. The smallest absolute Gasteiger partial charge is 0.227 e. The van der Waals surface area contributed by atoms with Crippen molar-refractivity contribution < 1.29 is 14.2 Å². The molecule has 0 saturated heterocycles. The molecule has 1 N–H and O–H groups in total. The van der Waals surface area contributed by atoms with Crippen molar-refractivity contribution >= 4 is 11.6 Å². The van der Waals surface area contributed by atoms with Gasteiger partial charge >= 0.3 is 0 Å². The van der Waals surface area contributed by atoms with Crippen LogP contribution in [0.15, 0.2) is 66.1 Å². The largest absolute Gasteiger partial charge is 0.497 e. The fourth-order valence-corrected chi connectivity index (χ4v) is 4.92. The number of likely N-dealkylation sites (N-methyl/N-ethyl adjacent to an activating group) is 2. The highest BCUT2D eigenvalue weighted by molar-refractivity contribution is 5.57. The first-order valence-electron chi connectivity index (χ1n) is 14.0. The van der Waals surface area contributed by atoms with Crippen molar-refractivity contribution in [1.82, 2.24) is 19.8 Å². The Morgan fingerprint density at radius 2 is 2.05 bits per heavy atom. The lowest BCUT2D eigenvalue weighted by molar-refractivity contribution is 0.177. The molecule has 210 valence electrons. The van der Waals surface area contributed by atoms with E-state index in [9.17, 15) is 0 Å². The van der Waals surface area contributed by atoms with Crippen molar-refractivity contribution in [3.05, 3.63) is 77.4 Å². The predicted molar refractivity (Wildman–Crippen MR) is 156 cm³/mol. The molecule has 8 nitrogen and oxygen atoms in total. The van der Waals surface area contributed by atoms with Crippen molar-refractivity contribution in [2.75, 3.05) is 65.5 Å². The van der Waals surface area contributed by atoms with Crippen molar-refractivity contribution in [3.8, 4) is 5.75 Å². The molecule has 0 saturated carbocycles. The van der Waals surface area contributed by atoms with E-state index in [0.717, 1.165) is 74.0 Å². The van der Waals surface area contributed by atoms with Crippen LogP contribution in [0.2, 0.25) is 0 Å². The van der Waals surface area contributed by atoms with Gasteiger partial charge in [-0.3, -0.25) is 4.90 Å². The Labute approximate surface area is 233 Å². The van der Waals surface area contributed by atoms with E-state index in [1.807, 2.05) is 18.3 Å². The summed E-state index contributed by atoms with van der Waals surface area (Å²) in [6.07, 6.45) is 12.1. The van der Waals surface area contributed by atoms with Gasteiger partial charge in [0.2, 0.25) is 5.95 Å². The maximum absolute atomic E-state index is 6.27. The van der Waals surface area contributed by atoms with Crippen molar-refractivity contribution in [2.24, 2.45) is 0 Å². The molecule has 2 aromatic rings. The first-order chi connectivity index (χ1) is 19.1. The molecule has 1 aromatic heterocycles. The second-order valence-electron chi connectivity index (χ2n) is 9.99. The van der Waals surface area contributed by atoms with E-state index in [2.05, 4.69) is 77.4 Å². The van der Waals surface area contributed by atoms with E-state index in [4.69, 9.17) is 19.2 Å². The number of anilines is 2. The maximum atomic E-state index is 6.27. The van der Waals surface area contributed by atoms with Gasteiger partial charge in [-0.2, -0.15) is 0 Å². The Balaban J connectivity index is 1.59. The summed E-state index contributed by atoms with van der Waals surface area (Å²) in [4.78, 5) is 14.0. The number of allylic oxidation sites excluding steroid dienone is 2. The number of hydrogen-bond acceptors (Lipinski definition) is 8. The molecular weight excluding hydrogens is 490 g/mol. The van der Waals surface area contributed by atoms with Crippen LogP contribution >= 0.6 is 0 Å². The number of benzene rings is 1. The molecular formula is C31H43N5O3. The van der Waals surface area contributed by atoms with Gasteiger partial charge in [0.05, 0.1) is 26.0 Å². The zero-order chi connectivity index (χ0) is 27.5. The molecule has 6 bridgehead atoms. The van der Waals surface area contributed by atoms with Crippen LogP contribution < -0.4 is 10.1 Å². The number of methoxy groups -OCH3 is 1. The lowest BCUT2D eigenvalue weighted by atomic mass is 9.98. The number of rotatable bonds is 7. The highest BCUT2D eigenvalue weighted by atomic mass is 16.5. The molecule has 1 unspecified atom stereocenters. The summed E-state index contributed by atoms with van der Waals surface area (Å²) in [5.41, 5.74) is 4.23. The van der Waals surface area contributed by atoms with Crippen molar-refractivity contribution in [1.29, 1.82) is 0 Å². The number of fused-ring (bicyclic) bond motifs is 8. The molecule has 8 heteroatoms. The van der Waals surface area contributed by atoms with Crippen LogP contribution in [0.4, 0.5) is 11.6 Å². The zero-order valence-electron chi connectivity index (χ0n) is 23.9. The summed E-state index contributed by atoms with van der Waals surface area (Å²) < 4.78 is 17.9. The highest BCUT2D eigenvalue weighted by Gasteiger charge is 2.18. The third-order valence-corrected chi connectivity index (χ3v) is 7.25. The van der Waals surface area contributed by atoms with Gasteiger partial charge < -0.3 is 24.4 Å². The average Bonchev–Trinajstić information content (AvgIpc) is 3.16. The second-order valence-corrected chi connectivity index (χ2v) is 9.99. The summed E-state index contributed by atoms with van der Waals surface area (Å²) in [6.45, 7) is 10.6. The Morgan fingerprint density at radius 3 is 2.87 bits per heavy atom. The Kier molecular flexibility index (Phi) is 10.9. The summed E-state index contributed by atoms with van der Waals surface area (Å²) in [5.74, 6) is 2.55.